The Bertz CT molecular complexity index is 514. The fourth-order valence-corrected chi connectivity index (χ4v) is 1.85. The van der Waals surface area contributed by atoms with Gasteiger partial charge in [0.15, 0.2) is 11.5 Å². The van der Waals surface area contributed by atoms with Crippen LogP contribution in [0.3, 0.4) is 0 Å². The second-order valence-corrected chi connectivity index (χ2v) is 4.45. The maximum absolute atomic E-state index is 12.2. The zero-order valence-corrected chi connectivity index (χ0v) is 11.5. The number of carbonyl (C=O) groups excluding carboxylic acids is 2. The van der Waals surface area contributed by atoms with Gasteiger partial charge in [-0.3, -0.25) is 9.59 Å². The summed E-state index contributed by atoms with van der Waals surface area (Å²) in [7, 11) is 2.83. The summed E-state index contributed by atoms with van der Waals surface area (Å²) in [6.45, 7) is 1.06. The SMILES string of the molecule is COC(=O)CN(C)C(=O)c1ccc2c(c1)OCCCO2. The summed E-state index contributed by atoms with van der Waals surface area (Å²) in [5, 5.41) is 0. The number of esters is 1. The molecule has 0 bridgehead atoms. The quantitative estimate of drug-likeness (QED) is 0.775. The molecule has 1 heterocycles. The number of rotatable bonds is 3. The molecule has 6 heteroatoms. The molecule has 108 valence electrons. The zero-order valence-electron chi connectivity index (χ0n) is 11.5. The Hall–Kier alpha value is -2.24. The van der Waals surface area contributed by atoms with Gasteiger partial charge in [0.25, 0.3) is 5.91 Å². The van der Waals surface area contributed by atoms with Gasteiger partial charge in [-0.15, -0.1) is 0 Å². The summed E-state index contributed by atoms with van der Waals surface area (Å²) in [5.74, 6) is 0.454. The number of ether oxygens (including phenoxy) is 3. The van der Waals surface area contributed by atoms with Crippen molar-refractivity contribution in [2.24, 2.45) is 0 Å². The van der Waals surface area contributed by atoms with Crippen LogP contribution in [-0.2, 0) is 9.53 Å². The highest BCUT2D eigenvalue weighted by Gasteiger charge is 2.18. The second-order valence-electron chi connectivity index (χ2n) is 4.45. The normalized spacial score (nSPS) is 13.3. The van der Waals surface area contributed by atoms with Gasteiger partial charge in [-0.25, -0.2) is 0 Å². The van der Waals surface area contributed by atoms with Crippen LogP contribution >= 0.6 is 0 Å². The monoisotopic (exact) mass is 279 g/mol. The molecule has 0 aromatic heterocycles. The first-order valence-corrected chi connectivity index (χ1v) is 6.33. The Morgan fingerprint density at radius 3 is 2.65 bits per heavy atom. The summed E-state index contributed by atoms with van der Waals surface area (Å²) >= 11 is 0. The minimum Gasteiger partial charge on any atom is -0.490 e. The lowest BCUT2D eigenvalue weighted by Gasteiger charge is -2.16. The van der Waals surface area contributed by atoms with Crippen LogP contribution in [-0.4, -0.2) is 50.7 Å². The van der Waals surface area contributed by atoms with Crippen LogP contribution in [0.15, 0.2) is 18.2 Å². The van der Waals surface area contributed by atoms with Crippen molar-refractivity contribution < 1.29 is 23.8 Å². The first kappa shape index (κ1) is 14.2. The van der Waals surface area contributed by atoms with E-state index < -0.39 is 5.97 Å². The van der Waals surface area contributed by atoms with Gasteiger partial charge in [-0.1, -0.05) is 0 Å². The molecule has 1 aliphatic heterocycles. The van der Waals surface area contributed by atoms with Crippen molar-refractivity contribution in [2.45, 2.75) is 6.42 Å². The van der Waals surface area contributed by atoms with Gasteiger partial charge in [-0.05, 0) is 18.2 Å². The van der Waals surface area contributed by atoms with Gasteiger partial charge >= 0.3 is 5.97 Å². The lowest BCUT2D eigenvalue weighted by atomic mass is 10.1. The molecule has 0 unspecified atom stereocenters. The Kier molecular flexibility index (Phi) is 4.45. The van der Waals surface area contributed by atoms with E-state index in [1.54, 1.807) is 25.2 Å². The molecule has 0 radical (unpaired) electrons. The number of fused-ring (bicyclic) bond motifs is 1. The highest BCUT2D eigenvalue weighted by atomic mass is 16.5. The van der Waals surface area contributed by atoms with Crippen molar-refractivity contribution in [3.05, 3.63) is 23.8 Å². The largest absolute Gasteiger partial charge is 0.490 e. The minimum atomic E-state index is -0.463. The predicted octanol–water partition coefficient (Wildman–Crippen LogP) is 1.09. The second kappa shape index (κ2) is 6.27. The summed E-state index contributed by atoms with van der Waals surface area (Å²) in [6.07, 6.45) is 0.806. The van der Waals surface area contributed by atoms with Crippen molar-refractivity contribution in [2.75, 3.05) is 33.9 Å². The number of nitrogens with zero attached hydrogens (tertiary/aromatic N) is 1. The summed E-state index contributed by atoms with van der Waals surface area (Å²) < 4.78 is 15.6. The van der Waals surface area contributed by atoms with Crippen LogP contribution in [0.2, 0.25) is 0 Å². The number of hydrogen-bond donors (Lipinski definition) is 0. The van der Waals surface area contributed by atoms with Gasteiger partial charge in [-0.2, -0.15) is 0 Å². The van der Waals surface area contributed by atoms with Crippen LogP contribution in [0.1, 0.15) is 16.8 Å². The van der Waals surface area contributed by atoms with E-state index in [2.05, 4.69) is 4.74 Å². The third kappa shape index (κ3) is 3.20. The lowest BCUT2D eigenvalue weighted by Crippen LogP contribution is -2.32. The van der Waals surface area contributed by atoms with E-state index in [1.807, 2.05) is 0 Å². The minimum absolute atomic E-state index is 0.0935. The average molecular weight is 279 g/mol. The molecule has 0 saturated heterocycles. The number of benzene rings is 1. The van der Waals surface area contributed by atoms with Crippen LogP contribution in [0, 0.1) is 0 Å². The van der Waals surface area contributed by atoms with E-state index in [-0.39, 0.29) is 12.5 Å². The molecule has 0 N–H and O–H groups in total. The third-order valence-electron chi connectivity index (χ3n) is 2.94. The first-order valence-electron chi connectivity index (χ1n) is 6.33. The van der Waals surface area contributed by atoms with Gasteiger partial charge in [0.2, 0.25) is 0 Å². The molecule has 1 amide bonds. The van der Waals surface area contributed by atoms with Gasteiger partial charge in [0, 0.05) is 19.0 Å². The van der Waals surface area contributed by atoms with Crippen molar-refractivity contribution >= 4 is 11.9 Å². The zero-order chi connectivity index (χ0) is 14.5. The van der Waals surface area contributed by atoms with Crippen molar-refractivity contribution in [1.82, 2.24) is 4.90 Å². The van der Waals surface area contributed by atoms with Gasteiger partial charge in [0.1, 0.15) is 6.54 Å². The highest BCUT2D eigenvalue weighted by Crippen LogP contribution is 2.30. The van der Waals surface area contributed by atoms with E-state index in [0.29, 0.717) is 30.3 Å². The Morgan fingerprint density at radius 1 is 1.25 bits per heavy atom. The Morgan fingerprint density at radius 2 is 1.95 bits per heavy atom. The van der Waals surface area contributed by atoms with Crippen LogP contribution in [0.25, 0.3) is 0 Å². The maximum Gasteiger partial charge on any atom is 0.325 e. The molecule has 0 atom stereocenters. The first-order chi connectivity index (χ1) is 9.61. The van der Waals surface area contributed by atoms with E-state index >= 15 is 0 Å². The molecule has 0 spiro atoms. The maximum atomic E-state index is 12.2. The molecule has 1 aromatic rings. The van der Waals surface area contributed by atoms with Crippen LogP contribution < -0.4 is 9.47 Å². The third-order valence-corrected chi connectivity index (χ3v) is 2.94. The predicted molar refractivity (Wildman–Crippen MR) is 71.0 cm³/mol. The topological polar surface area (TPSA) is 65.1 Å². The molecular formula is C14H17NO5. The standard InChI is InChI=1S/C14H17NO5/c1-15(9-13(16)18-2)14(17)10-4-5-11-12(8-10)20-7-3-6-19-11/h4-5,8H,3,6-7,9H2,1-2H3. The van der Waals surface area contributed by atoms with E-state index in [9.17, 15) is 9.59 Å². The van der Waals surface area contributed by atoms with E-state index in [4.69, 9.17) is 9.47 Å². The highest BCUT2D eigenvalue weighted by molar-refractivity contribution is 5.96. The molecule has 0 fully saturated rings. The van der Waals surface area contributed by atoms with Crippen molar-refractivity contribution in [1.29, 1.82) is 0 Å². The Labute approximate surface area is 117 Å². The van der Waals surface area contributed by atoms with Crippen LogP contribution in [0.4, 0.5) is 0 Å². The fourth-order valence-electron chi connectivity index (χ4n) is 1.85. The summed E-state index contributed by atoms with van der Waals surface area (Å²) in [5.41, 5.74) is 0.445. The number of methoxy groups -OCH3 is 1. The summed E-state index contributed by atoms with van der Waals surface area (Å²) in [6, 6.07) is 5.00. The molecule has 1 aromatic carbocycles. The fraction of sp³-hybridized carbons (Fsp3) is 0.429. The van der Waals surface area contributed by atoms with Crippen molar-refractivity contribution in [3.63, 3.8) is 0 Å². The number of likely N-dealkylation sites (N-methyl/N-ethyl adjacent to an activating group) is 1. The summed E-state index contributed by atoms with van der Waals surface area (Å²) in [4.78, 5) is 24.7. The van der Waals surface area contributed by atoms with Gasteiger partial charge in [0.05, 0.1) is 20.3 Å². The molecule has 0 saturated carbocycles. The number of carbonyl (C=O) groups is 2. The Balaban J connectivity index is 2.14. The molecule has 0 aliphatic carbocycles. The van der Waals surface area contributed by atoms with E-state index in [1.165, 1.54) is 12.0 Å². The van der Waals surface area contributed by atoms with Crippen LogP contribution in [0.5, 0.6) is 11.5 Å². The molecule has 6 nitrogen and oxygen atoms in total. The molecule has 20 heavy (non-hydrogen) atoms. The number of amides is 1. The van der Waals surface area contributed by atoms with Crippen molar-refractivity contribution in [3.8, 4) is 11.5 Å². The molecule has 1 aliphatic rings. The molecule has 2 rings (SSSR count). The number of hydrogen-bond acceptors (Lipinski definition) is 5. The average Bonchev–Trinajstić information content (AvgIpc) is 2.70. The molecular weight excluding hydrogens is 262 g/mol. The smallest absolute Gasteiger partial charge is 0.325 e. The van der Waals surface area contributed by atoms with E-state index in [0.717, 1.165) is 6.42 Å². The lowest BCUT2D eigenvalue weighted by molar-refractivity contribution is -0.141. The van der Waals surface area contributed by atoms with Gasteiger partial charge < -0.3 is 19.1 Å².